The molecule has 5 nitrogen and oxygen atoms in total. The highest BCUT2D eigenvalue weighted by Crippen LogP contribution is 2.34. The van der Waals surface area contributed by atoms with Gasteiger partial charge in [-0.15, -0.1) is 11.3 Å². The summed E-state index contributed by atoms with van der Waals surface area (Å²) in [4.78, 5) is 16.9. The molecule has 0 bridgehead atoms. The van der Waals surface area contributed by atoms with Crippen molar-refractivity contribution in [2.75, 3.05) is 13.1 Å². The van der Waals surface area contributed by atoms with E-state index in [1.54, 1.807) is 0 Å². The third-order valence-corrected chi connectivity index (χ3v) is 8.02. The SMILES string of the molecule is Cc1nn(Cc2ccccc2Cl)c2sc(C(=O)N3CCC(C(O)c4ccccc4)CC3)cc12. The molecule has 1 aliphatic rings. The number of halogens is 1. The average molecular weight is 480 g/mol. The number of carbonyl (C=O) groups excluding carboxylic acids is 1. The number of amides is 1. The zero-order valence-electron chi connectivity index (χ0n) is 18.4. The molecular weight excluding hydrogens is 454 g/mol. The highest BCUT2D eigenvalue weighted by atomic mass is 35.5. The number of aromatic nitrogens is 2. The molecule has 2 aromatic heterocycles. The monoisotopic (exact) mass is 479 g/mol. The van der Waals surface area contributed by atoms with Gasteiger partial charge in [0.05, 0.1) is 23.2 Å². The first kappa shape index (κ1) is 22.1. The molecule has 1 fully saturated rings. The van der Waals surface area contributed by atoms with Crippen molar-refractivity contribution in [1.82, 2.24) is 14.7 Å². The van der Waals surface area contributed by atoms with Crippen LogP contribution in [0.25, 0.3) is 10.2 Å². The summed E-state index contributed by atoms with van der Waals surface area (Å²) in [5.41, 5.74) is 2.87. The van der Waals surface area contributed by atoms with Crippen molar-refractivity contribution >= 4 is 39.1 Å². The number of hydrogen-bond acceptors (Lipinski definition) is 4. The predicted octanol–water partition coefficient (Wildman–Crippen LogP) is 5.69. The molecule has 3 heterocycles. The number of rotatable bonds is 5. The highest BCUT2D eigenvalue weighted by Gasteiger charge is 2.29. The Hall–Kier alpha value is -2.67. The molecule has 0 radical (unpaired) electrons. The van der Waals surface area contributed by atoms with E-state index in [1.807, 2.05) is 77.2 Å². The molecule has 0 spiro atoms. The van der Waals surface area contributed by atoms with Crippen LogP contribution in [0, 0.1) is 12.8 Å². The summed E-state index contributed by atoms with van der Waals surface area (Å²) in [5.74, 6) is 0.234. The fourth-order valence-electron chi connectivity index (χ4n) is 4.61. The summed E-state index contributed by atoms with van der Waals surface area (Å²) < 4.78 is 1.94. The van der Waals surface area contributed by atoms with Crippen molar-refractivity contribution in [3.8, 4) is 0 Å². The van der Waals surface area contributed by atoms with Gasteiger partial charge in [-0.05, 0) is 48.9 Å². The van der Waals surface area contributed by atoms with Crippen molar-refractivity contribution in [1.29, 1.82) is 0 Å². The molecule has 0 aliphatic carbocycles. The van der Waals surface area contributed by atoms with Crippen LogP contribution in [0.5, 0.6) is 0 Å². The van der Waals surface area contributed by atoms with Gasteiger partial charge in [-0.3, -0.25) is 9.48 Å². The molecule has 1 amide bonds. The van der Waals surface area contributed by atoms with E-state index >= 15 is 0 Å². The van der Waals surface area contributed by atoms with Crippen molar-refractivity contribution < 1.29 is 9.90 Å². The predicted molar refractivity (Wildman–Crippen MR) is 133 cm³/mol. The number of nitrogens with zero attached hydrogens (tertiary/aromatic N) is 3. The van der Waals surface area contributed by atoms with Crippen molar-refractivity contribution in [3.63, 3.8) is 0 Å². The van der Waals surface area contributed by atoms with Crippen LogP contribution in [0.2, 0.25) is 5.02 Å². The topological polar surface area (TPSA) is 58.4 Å². The third kappa shape index (κ3) is 4.43. The van der Waals surface area contributed by atoms with Gasteiger partial charge < -0.3 is 10.0 Å². The maximum atomic E-state index is 13.3. The van der Waals surface area contributed by atoms with E-state index in [9.17, 15) is 9.90 Å². The average Bonchev–Trinajstić information content (AvgIpc) is 3.41. The molecule has 2 aromatic carbocycles. The lowest BCUT2D eigenvalue weighted by atomic mass is 9.87. The molecule has 1 unspecified atom stereocenters. The molecular formula is C26H26ClN3O2S. The zero-order valence-corrected chi connectivity index (χ0v) is 20.0. The number of aryl methyl sites for hydroxylation is 1. The molecule has 1 atom stereocenters. The minimum atomic E-state index is -0.480. The third-order valence-electron chi connectivity index (χ3n) is 6.51. The fraction of sp³-hybridized carbons (Fsp3) is 0.308. The van der Waals surface area contributed by atoms with E-state index in [2.05, 4.69) is 5.10 Å². The Morgan fingerprint density at radius 3 is 2.58 bits per heavy atom. The second-order valence-corrected chi connectivity index (χ2v) is 10.1. The number of hydrogen-bond donors (Lipinski definition) is 1. The first-order chi connectivity index (χ1) is 16.0. The smallest absolute Gasteiger partial charge is 0.264 e. The van der Waals surface area contributed by atoms with E-state index in [0.717, 1.165) is 44.8 Å². The number of piperidine rings is 1. The van der Waals surface area contributed by atoms with Crippen LogP contribution in [-0.2, 0) is 6.54 Å². The number of likely N-dealkylation sites (tertiary alicyclic amines) is 1. The molecule has 1 N–H and O–H groups in total. The molecule has 33 heavy (non-hydrogen) atoms. The van der Waals surface area contributed by atoms with Crippen LogP contribution < -0.4 is 0 Å². The van der Waals surface area contributed by atoms with Crippen LogP contribution in [0.1, 0.15) is 45.4 Å². The summed E-state index contributed by atoms with van der Waals surface area (Å²) in [6.07, 6.45) is 1.11. The zero-order chi connectivity index (χ0) is 22.9. The summed E-state index contributed by atoms with van der Waals surface area (Å²) >= 11 is 7.84. The summed E-state index contributed by atoms with van der Waals surface area (Å²) in [6.45, 7) is 3.86. The van der Waals surface area contributed by atoms with Gasteiger partial charge in [-0.25, -0.2) is 0 Å². The number of aliphatic hydroxyl groups is 1. The molecule has 1 saturated heterocycles. The number of thiophene rings is 1. The Kier molecular flexibility index (Phi) is 6.23. The second-order valence-electron chi connectivity index (χ2n) is 8.65. The van der Waals surface area contributed by atoms with Gasteiger partial charge in [-0.1, -0.05) is 60.1 Å². The first-order valence-corrected chi connectivity index (χ1v) is 12.4. The molecule has 1 aliphatic heterocycles. The van der Waals surface area contributed by atoms with Crippen molar-refractivity contribution in [2.24, 2.45) is 5.92 Å². The summed E-state index contributed by atoms with van der Waals surface area (Å²) in [5, 5.41) is 17.1. The number of aliphatic hydroxyl groups excluding tert-OH is 1. The Morgan fingerprint density at radius 1 is 1.15 bits per heavy atom. The van der Waals surface area contributed by atoms with Gasteiger partial charge in [-0.2, -0.15) is 5.10 Å². The minimum Gasteiger partial charge on any atom is -0.388 e. The molecule has 5 rings (SSSR count). The Bertz CT molecular complexity index is 1280. The Balaban J connectivity index is 1.30. The van der Waals surface area contributed by atoms with Crippen molar-refractivity contribution in [3.05, 3.63) is 87.4 Å². The molecule has 4 aromatic rings. The number of benzene rings is 2. The number of carbonyl (C=O) groups is 1. The van der Waals surface area contributed by atoms with Crippen LogP contribution >= 0.6 is 22.9 Å². The first-order valence-electron chi connectivity index (χ1n) is 11.2. The highest BCUT2D eigenvalue weighted by molar-refractivity contribution is 7.20. The van der Waals surface area contributed by atoms with Crippen LogP contribution in [-0.4, -0.2) is 38.8 Å². The lowest BCUT2D eigenvalue weighted by Gasteiger charge is -2.34. The molecule has 0 saturated carbocycles. The van der Waals surface area contributed by atoms with E-state index < -0.39 is 6.10 Å². The largest absolute Gasteiger partial charge is 0.388 e. The molecule has 170 valence electrons. The standard InChI is InChI=1S/C26H26ClN3O2S/c1-17-21-15-23(33-26(21)30(28-17)16-20-9-5-6-10-22(20)27)25(32)29-13-11-19(12-14-29)24(31)18-7-3-2-4-8-18/h2-10,15,19,24,31H,11-14,16H2,1H3. The van der Waals surface area contributed by atoms with Crippen LogP contribution in [0.3, 0.4) is 0 Å². The van der Waals surface area contributed by atoms with Crippen LogP contribution in [0.4, 0.5) is 0 Å². The normalized spacial score (nSPS) is 15.8. The van der Waals surface area contributed by atoms with Gasteiger partial charge in [0, 0.05) is 23.5 Å². The summed E-state index contributed by atoms with van der Waals surface area (Å²) in [7, 11) is 0. The van der Waals surface area contributed by atoms with Gasteiger partial charge in [0.1, 0.15) is 4.83 Å². The quantitative estimate of drug-likeness (QED) is 0.400. The lowest BCUT2D eigenvalue weighted by molar-refractivity contribution is 0.0465. The van der Waals surface area contributed by atoms with Gasteiger partial charge >= 0.3 is 0 Å². The Morgan fingerprint density at radius 2 is 1.85 bits per heavy atom. The van der Waals surface area contributed by atoms with E-state index in [-0.39, 0.29) is 11.8 Å². The minimum absolute atomic E-state index is 0.0625. The Labute approximate surface area is 202 Å². The molecule has 7 heteroatoms. The summed E-state index contributed by atoms with van der Waals surface area (Å²) in [6, 6.07) is 19.5. The fourth-order valence-corrected chi connectivity index (χ4v) is 5.93. The van der Waals surface area contributed by atoms with Crippen LogP contribution in [0.15, 0.2) is 60.7 Å². The maximum absolute atomic E-state index is 13.3. The number of fused-ring (bicyclic) bond motifs is 1. The van der Waals surface area contributed by atoms with Gasteiger partial charge in [0.15, 0.2) is 0 Å². The van der Waals surface area contributed by atoms with Crippen molar-refractivity contribution in [2.45, 2.75) is 32.4 Å². The maximum Gasteiger partial charge on any atom is 0.264 e. The van der Waals surface area contributed by atoms with E-state index in [1.165, 1.54) is 11.3 Å². The van der Waals surface area contributed by atoms with E-state index in [0.29, 0.717) is 24.7 Å². The van der Waals surface area contributed by atoms with Gasteiger partial charge in [0.2, 0.25) is 0 Å². The van der Waals surface area contributed by atoms with Gasteiger partial charge in [0.25, 0.3) is 5.91 Å². The second kappa shape index (κ2) is 9.29. The lowest BCUT2D eigenvalue weighted by Crippen LogP contribution is -2.39. The van der Waals surface area contributed by atoms with E-state index in [4.69, 9.17) is 11.6 Å².